The van der Waals surface area contributed by atoms with Gasteiger partial charge >= 0.3 is 0 Å². The number of hydrogen-bond acceptors (Lipinski definition) is 2. The minimum Gasteiger partial charge on any atom is -0.508 e. The van der Waals surface area contributed by atoms with E-state index < -0.39 is 0 Å². The molecule has 0 fully saturated rings. The molecule has 2 aromatic carbocycles. The maximum atomic E-state index is 9.41. The highest BCUT2D eigenvalue weighted by Gasteiger charge is 2.32. The molecule has 134 valence electrons. The number of rotatable bonds is 2. The number of aliphatic hydroxyl groups is 1. The molecule has 0 atom stereocenters. The highest BCUT2D eigenvalue weighted by atomic mass is 16.3. The quantitative estimate of drug-likeness (QED) is 0.573. The molecule has 0 aromatic heterocycles. The van der Waals surface area contributed by atoms with Crippen LogP contribution in [0.25, 0.3) is 5.76 Å². The molecule has 0 saturated heterocycles. The molecule has 26 heavy (non-hydrogen) atoms. The van der Waals surface area contributed by atoms with Crippen LogP contribution in [0.2, 0.25) is 0 Å². The van der Waals surface area contributed by atoms with Crippen molar-refractivity contribution in [3.8, 4) is 11.8 Å². The lowest BCUT2D eigenvalue weighted by Crippen LogP contribution is -2.41. The molecule has 2 aromatic rings. The second-order valence-electron chi connectivity index (χ2n) is 7.93. The van der Waals surface area contributed by atoms with Crippen LogP contribution in [-0.4, -0.2) is 17.7 Å². The topological polar surface area (TPSA) is 23.5 Å². The summed E-state index contributed by atoms with van der Waals surface area (Å²) in [5.41, 5.74) is 5.58. The first-order valence-electron chi connectivity index (χ1n) is 9.19. The minimum atomic E-state index is 0.0798. The summed E-state index contributed by atoms with van der Waals surface area (Å²) >= 11 is 0. The van der Waals surface area contributed by atoms with Gasteiger partial charge in [0.2, 0.25) is 0 Å². The van der Waals surface area contributed by atoms with Crippen LogP contribution in [0.4, 0.5) is 5.69 Å². The number of fused-ring (bicyclic) bond motifs is 1. The largest absolute Gasteiger partial charge is 0.508 e. The van der Waals surface area contributed by atoms with Crippen LogP contribution in [0.5, 0.6) is 0 Å². The number of nitrogens with zero attached hydrogens (tertiary/aromatic N) is 1. The zero-order chi connectivity index (χ0) is 18.9. The van der Waals surface area contributed by atoms with Crippen LogP contribution in [0, 0.1) is 11.8 Å². The first-order chi connectivity index (χ1) is 12.3. The predicted molar refractivity (Wildman–Crippen MR) is 111 cm³/mol. The molecule has 3 rings (SSSR count). The van der Waals surface area contributed by atoms with Gasteiger partial charge in [-0.1, -0.05) is 44.4 Å². The summed E-state index contributed by atoms with van der Waals surface area (Å²) < 4.78 is 0. The first-order valence-corrected chi connectivity index (χ1v) is 9.19. The molecule has 0 amide bonds. The van der Waals surface area contributed by atoms with Gasteiger partial charge in [0.15, 0.2) is 0 Å². The van der Waals surface area contributed by atoms with Crippen molar-refractivity contribution in [3.63, 3.8) is 0 Å². The van der Waals surface area contributed by atoms with Crippen molar-refractivity contribution >= 4 is 11.4 Å². The maximum Gasteiger partial charge on any atom is 0.115 e. The lowest BCUT2D eigenvalue weighted by atomic mass is 9.77. The Labute approximate surface area is 157 Å². The van der Waals surface area contributed by atoms with Gasteiger partial charge in [-0.05, 0) is 61.6 Å². The van der Waals surface area contributed by atoms with Crippen molar-refractivity contribution in [3.05, 3.63) is 71.3 Å². The van der Waals surface area contributed by atoms with Crippen molar-refractivity contribution in [1.29, 1.82) is 0 Å². The molecule has 0 saturated carbocycles. The summed E-state index contributed by atoms with van der Waals surface area (Å²) in [5.74, 6) is 6.59. The zero-order valence-electron chi connectivity index (χ0n) is 16.1. The van der Waals surface area contributed by atoms with Gasteiger partial charge < -0.3 is 10.0 Å². The molecule has 0 spiro atoms. The Hall–Kier alpha value is -2.66. The Balaban J connectivity index is 1.93. The highest BCUT2D eigenvalue weighted by Crippen LogP contribution is 2.40. The van der Waals surface area contributed by atoms with Crippen LogP contribution in [0.15, 0.2) is 49.0 Å². The van der Waals surface area contributed by atoms with E-state index in [9.17, 15) is 5.11 Å². The molecule has 1 heterocycles. The maximum absolute atomic E-state index is 9.41. The third-order valence-corrected chi connectivity index (χ3v) is 5.21. The smallest absolute Gasteiger partial charge is 0.115 e. The number of aliphatic hydroxyl groups excluding tert-OH is 1. The predicted octanol–water partition coefficient (Wildman–Crippen LogP) is 5.51. The van der Waals surface area contributed by atoms with Crippen LogP contribution < -0.4 is 4.90 Å². The first kappa shape index (κ1) is 18.1. The molecule has 0 aliphatic carbocycles. The van der Waals surface area contributed by atoms with Gasteiger partial charge in [-0.2, -0.15) is 0 Å². The second kappa shape index (κ2) is 6.92. The van der Waals surface area contributed by atoms with Gasteiger partial charge in [0.05, 0.1) is 0 Å². The Morgan fingerprint density at radius 2 is 1.69 bits per heavy atom. The van der Waals surface area contributed by atoms with Gasteiger partial charge in [0.25, 0.3) is 0 Å². The molecule has 2 heteroatoms. The Kier molecular flexibility index (Phi) is 4.83. The zero-order valence-corrected chi connectivity index (χ0v) is 16.1. The number of anilines is 1. The third kappa shape index (κ3) is 3.63. The normalized spacial score (nSPS) is 15.2. The van der Waals surface area contributed by atoms with Gasteiger partial charge in [-0.3, -0.25) is 0 Å². The lowest BCUT2D eigenvalue weighted by Gasteiger charge is -2.42. The van der Waals surface area contributed by atoms with Gasteiger partial charge in [0.1, 0.15) is 5.76 Å². The number of benzene rings is 2. The minimum absolute atomic E-state index is 0.0798. The highest BCUT2D eigenvalue weighted by molar-refractivity contribution is 5.63. The summed E-state index contributed by atoms with van der Waals surface area (Å²) in [4.78, 5) is 2.48. The van der Waals surface area contributed by atoms with E-state index in [0.29, 0.717) is 6.04 Å². The van der Waals surface area contributed by atoms with E-state index in [1.807, 2.05) is 24.3 Å². The van der Waals surface area contributed by atoms with Crippen LogP contribution in [-0.2, 0) is 5.41 Å². The fourth-order valence-corrected chi connectivity index (χ4v) is 3.49. The average Bonchev–Trinajstić information content (AvgIpc) is 2.60. The second-order valence-corrected chi connectivity index (χ2v) is 7.93. The fraction of sp³-hybridized carbons (Fsp3) is 0.333. The van der Waals surface area contributed by atoms with Gasteiger partial charge in [-0.15, -0.1) is 0 Å². The summed E-state index contributed by atoms with van der Waals surface area (Å²) in [6.45, 7) is 13.8. The molecule has 1 aliphatic rings. The van der Waals surface area contributed by atoms with E-state index in [1.54, 1.807) is 0 Å². The molecule has 0 radical (unpaired) electrons. The van der Waals surface area contributed by atoms with Crippen molar-refractivity contribution in [2.24, 2.45) is 0 Å². The summed E-state index contributed by atoms with van der Waals surface area (Å²) in [6, 6.07) is 14.6. The van der Waals surface area contributed by atoms with E-state index in [-0.39, 0.29) is 11.2 Å². The fourth-order valence-electron chi connectivity index (χ4n) is 3.49. The van der Waals surface area contributed by atoms with E-state index in [1.165, 1.54) is 11.3 Å². The monoisotopic (exact) mass is 345 g/mol. The molecule has 1 N–H and O–H groups in total. The van der Waals surface area contributed by atoms with Crippen molar-refractivity contribution < 1.29 is 5.11 Å². The van der Waals surface area contributed by atoms with Gasteiger partial charge in [0, 0.05) is 35.0 Å². The average molecular weight is 345 g/mol. The molecule has 0 unspecified atom stereocenters. The third-order valence-electron chi connectivity index (χ3n) is 5.21. The lowest BCUT2D eigenvalue weighted by molar-refractivity contribution is 0.442. The van der Waals surface area contributed by atoms with E-state index in [2.05, 4.69) is 69.2 Å². The molecular formula is C24H27NO. The van der Waals surface area contributed by atoms with Gasteiger partial charge in [-0.25, -0.2) is 0 Å². The molecular weight excluding hydrogens is 318 g/mol. The van der Waals surface area contributed by atoms with Crippen molar-refractivity contribution in [2.75, 3.05) is 11.4 Å². The summed E-state index contributed by atoms with van der Waals surface area (Å²) in [6.07, 6.45) is 1.15. The summed E-state index contributed by atoms with van der Waals surface area (Å²) in [7, 11) is 0. The Morgan fingerprint density at radius 3 is 2.31 bits per heavy atom. The van der Waals surface area contributed by atoms with E-state index >= 15 is 0 Å². The Bertz CT molecular complexity index is 879. The standard InChI is InChI=1S/C24H27NO/c1-17(2)25-15-14-24(4,5)22-16-20(10-13-23(22)25)7-6-19-8-11-21(12-9-19)18(3)26/h8-13,16-17,26H,3,14-15H2,1-2,4-5H3. The Morgan fingerprint density at radius 1 is 1.08 bits per heavy atom. The molecule has 0 bridgehead atoms. The SMILES string of the molecule is C=C(O)c1ccc(C#Cc2ccc3c(c2)C(C)(C)CCN3C(C)C)cc1. The van der Waals surface area contributed by atoms with Crippen LogP contribution in [0.1, 0.15) is 56.4 Å². The van der Waals surface area contributed by atoms with E-state index in [4.69, 9.17) is 0 Å². The van der Waals surface area contributed by atoms with E-state index in [0.717, 1.165) is 29.7 Å². The van der Waals surface area contributed by atoms with Crippen LogP contribution in [0.3, 0.4) is 0 Å². The molecule has 1 aliphatic heterocycles. The van der Waals surface area contributed by atoms with Crippen molar-refractivity contribution in [1.82, 2.24) is 0 Å². The number of hydrogen-bond donors (Lipinski definition) is 1. The van der Waals surface area contributed by atoms with Crippen LogP contribution >= 0.6 is 0 Å². The van der Waals surface area contributed by atoms with Crippen molar-refractivity contribution in [2.45, 2.75) is 45.6 Å². The summed E-state index contributed by atoms with van der Waals surface area (Å²) in [5, 5.41) is 9.41. The molecule has 2 nitrogen and oxygen atoms in total.